The van der Waals surface area contributed by atoms with Gasteiger partial charge in [0.05, 0.1) is 12.6 Å². The fourth-order valence-electron chi connectivity index (χ4n) is 2.35. The minimum atomic E-state index is -0.136. The second kappa shape index (κ2) is 8.64. The second-order valence-corrected chi connectivity index (χ2v) is 6.42. The van der Waals surface area contributed by atoms with Crippen molar-refractivity contribution in [3.8, 4) is 0 Å². The van der Waals surface area contributed by atoms with E-state index in [0.717, 1.165) is 25.0 Å². The molecule has 0 aromatic rings. The lowest BCUT2D eigenvalue weighted by Crippen LogP contribution is -2.48. The van der Waals surface area contributed by atoms with Gasteiger partial charge in [-0.1, -0.05) is 20.3 Å². The molecule has 0 aromatic heterocycles. The maximum absolute atomic E-state index is 11.8. The molecule has 0 unspecified atom stereocenters. The molecule has 18 heavy (non-hydrogen) atoms. The molecule has 0 bridgehead atoms. The van der Waals surface area contributed by atoms with Crippen molar-refractivity contribution >= 4 is 17.8 Å². The van der Waals surface area contributed by atoms with Crippen molar-refractivity contribution in [3.05, 3.63) is 0 Å². The number of carbonyl (C=O) groups excluding carboxylic acids is 1. The molecule has 0 saturated heterocycles. The Labute approximate surface area is 114 Å². The van der Waals surface area contributed by atoms with E-state index in [0.29, 0.717) is 11.3 Å². The fraction of sp³-hybridized carbons (Fsp3) is 0.923. The number of urea groups is 1. The van der Waals surface area contributed by atoms with Crippen molar-refractivity contribution in [2.75, 3.05) is 12.4 Å². The van der Waals surface area contributed by atoms with Crippen molar-refractivity contribution < 1.29 is 9.90 Å². The number of hydrogen-bond donors (Lipinski definition) is 3. The number of thioether (sulfide) groups is 1. The molecule has 3 N–H and O–H groups in total. The van der Waals surface area contributed by atoms with Crippen LogP contribution in [0, 0.1) is 0 Å². The highest BCUT2D eigenvalue weighted by atomic mass is 32.2. The van der Waals surface area contributed by atoms with E-state index in [1.807, 2.05) is 18.7 Å². The number of aliphatic hydroxyl groups excluding tert-OH is 1. The zero-order chi connectivity index (χ0) is 13.4. The Kier molecular flexibility index (Phi) is 7.51. The maximum Gasteiger partial charge on any atom is 0.315 e. The first-order valence-electron chi connectivity index (χ1n) is 6.99. The highest BCUT2D eigenvalue weighted by Gasteiger charge is 2.23. The Morgan fingerprint density at radius 3 is 2.83 bits per heavy atom. The predicted molar refractivity (Wildman–Crippen MR) is 77.0 cm³/mol. The van der Waals surface area contributed by atoms with Crippen LogP contribution in [-0.2, 0) is 0 Å². The van der Waals surface area contributed by atoms with Crippen LogP contribution in [0.5, 0.6) is 0 Å². The van der Waals surface area contributed by atoms with Crippen molar-refractivity contribution in [1.82, 2.24) is 10.6 Å². The van der Waals surface area contributed by atoms with Crippen molar-refractivity contribution in [2.24, 2.45) is 0 Å². The van der Waals surface area contributed by atoms with E-state index in [9.17, 15) is 4.79 Å². The molecule has 1 saturated carbocycles. The lowest BCUT2D eigenvalue weighted by atomic mass is 9.95. The summed E-state index contributed by atoms with van der Waals surface area (Å²) in [6.07, 6.45) is 5.36. The number of hydrogen-bond acceptors (Lipinski definition) is 3. The van der Waals surface area contributed by atoms with Gasteiger partial charge in [-0.2, -0.15) is 11.8 Å². The van der Waals surface area contributed by atoms with Gasteiger partial charge in [0, 0.05) is 11.3 Å². The van der Waals surface area contributed by atoms with Crippen molar-refractivity contribution in [1.29, 1.82) is 0 Å². The van der Waals surface area contributed by atoms with Gasteiger partial charge in [0.15, 0.2) is 0 Å². The summed E-state index contributed by atoms with van der Waals surface area (Å²) >= 11 is 1.99. The summed E-state index contributed by atoms with van der Waals surface area (Å²) in [5.74, 6) is 1.14. The van der Waals surface area contributed by atoms with E-state index in [1.165, 1.54) is 12.8 Å². The summed E-state index contributed by atoms with van der Waals surface area (Å²) < 4.78 is 0. The van der Waals surface area contributed by atoms with Crippen LogP contribution in [0.4, 0.5) is 4.79 Å². The minimum absolute atomic E-state index is 0.00288. The van der Waals surface area contributed by atoms with Gasteiger partial charge < -0.3 is 15.7 Å². The molecule has 106 valence electrons. The van der Waals surface area contributed by atoms with E-state index in [4.69, 9.17) is 5.11 Å². The largest absolute Gasteiger partial charge is 0.394 e. The molecule has 0 aliphatic heterocycles. The molecular weight excluding hydrogens is 248 g/mol. The van der Waals surface area contributed by atoms with Crippen molar-refractivity contribution in [2.45, 2.75) is 63.3 Å². The molecule has 3 atom stereocenters. The Morgan fingerprint density at radius 1 is 1.44 bits per heavy atom. The molecular formula is C13H26N2O2S. The van der Waals surface area contributed by atoms with Gasteiger partial charge >= 0.3 is 6.03 Å². The monoisotopic (exact) mass is 274 g/mol. The SMILES string of the molecule is CCS[C@@H]1CCC[C@H](NC(=O)N[C@@H](CC)CO)C1. The molecule has 2 amide bonds. The third kappa shape index (κ3) is 5.48. The Bertz CT molecular complexity index is 245. The zero-order valence-electron chi connectivity index (χ0n) is 11.4. The normalized spacial score (nSPS) is 25.5. The number of carbonyl (C=O) groups is 1. The van der Waals surface area contributed by atoms with Crippen LogP contribution >= 0.6 is 11.8 Å². The summed E-state index contributed by atoms with van der Waals surface area (Å²) in [6, 6.07) is 0.0245. The standard InChI is InChI=1S/C13H26N2O2S/c1-3-10(9-16)14-13(17)15-11-6-5-7-12(8-11)18-4-2/h10-12,16H,3-9H2,1-2H3,(H2,14,15,17)/t10-,11-,12+/m0/s1. The van der Waals surface area contributed by atoms with Gasteiger partial charge in [0.2, 0.25) is 0 Å². The summed E-state index contributed by atoms with van der Waals surface area (Å²) in [5.41, 5.74) is 0. The van der Waals surface area contributed by atoms with Gasteiger partial charge in [-0.05, 0) is 31.4 Å². The van der Waals surface area contributed by atoms with Crippen LogP contribution in [0.2, 0.25) is 0 Å². The molecule has 5 heteroatoms. The van der Waals surface area contributed by atoms with E-state index in [-0.39, 0.29) is 18.7 Å². The molecule has 1 fully saturated rings. The van der Waals surface area contributed by atoms with E-state index in [2.05, 4.69) is 17.6 Å². The number of amides is 2. The average Bonchev–Trinajstić information content (AvgIpc) is 2.36. The van der Waals surface area contributed by atoms with Gasteiger partial charge in [0.25, 0.3) is 0 Å². The average molecular weight is 274 g/mol. The summed E-state index contributed by atoms with van der Waals surface area (Å²) in [5, 5.41) is 15.6. The molecule has 1 aliphatic rings. The van der Waals surface area contributed by atoms with Gasteiger partial charge in [-0.15, -0.1) is 0 Å². The topological polar surface area (TPSA) is 61.4 Å². The maximum atomic E-state index is 11.8. The van der Waals surface area contributed by atoms with Gasteiger partial charge in [0.1, 0.15) is 0 Å². The molecule has 0 spiro atoms. The quantitative estimate of drug-likeness (QED) is 0.695. The molecule has 0 radical (unpaired) electrons. The molecule has 0 heterocycles. The predicted octanol–water partition coefficient (Wildman–Crippen LogP) is 2.12. The number of aliphatic hydroxyl groups is 1. The first kappa shape index (κ1) is 15.6. The van der Waals surface area contributed by atoms with Crippen LogP contribution in [-0.4, -0.2) is 40.8 Å². The first-order chi connectivity index (χ1) is 8.69. The Hall–Kier alpha value is -0.420. The van der Waals surface area contributed by atoms with E-state index >= 15 is 0 Å². The summed E-state index contributed by atoms with van der Waals surface area (Å²) in [6.45, 7) is 4.14. The van der Waals surface area contributed by atoms with Crippen molar-refractivity contribution in [3.63, 3.8) is 0 Å². The van der Waals surface area contributed by atoms with Crippen LogP contribution in [0.1, 0.15) is 46.0 Å². The highest BCUT2D eigenvalue weighted by Crippen LogP contribution is 2.28. The third-order valence-corrected chi connectivity index (χ3v) is 4.64. The Balaban J connectivity index is 2.30. The van der Waals surface area contributed by atoms with Crippen LogP contribution < -0.4 is 10.6 Å². The number of nitrogens with one attached hydrogen (secondary N) is 2. The van der Waals surface area contributed by atoms with Gasteiger partial charge in [-0.3, -0.25) is 0 Å². The third-order valence-electron chi connectivity index (χ3n) is 3.41. The molecule has 1 rings (SSSR count). The van der Waals surface area contributed by atoms with Gasteiger partial charge in [-0.25, -0.2) is 4.79 Å². The van der Waals surface area contributed by atoms with Crippen LogP contribution in [0.25, 0.3) is 0 Å². The highest BCUT2D eigenvalue weighted by molar-refractivity contribution is 7.99. The molecule has 0 aromatic carbocycles. The lowest BCUT2D eigenvalue weighted by molar-refractivity contribution is 0.209. The number of rotatable bonds is 6. The second-order valence-electron chi connectivity index (χ2n) is 4.85. The fourth-order valence-corrected chi connectivity index (χ4v) is 3.53. The molecule has 1 aliphatic carbocycles. The lowest BCUT2D eigenvalue weighted by Gasteiger charge is -2.29. The van der Waals surface area contributed by atoms with E-state index < -0.39 is 0 Å². The van der Waals surface area contributed by atoms with Crippen LogP contribution in [0.3, 0.4) is 0 Å². The van der Waals surface area contributed by atoms with Crippen LogP contribution in [0.15, 0.2) is 0 Å². The molecule has 4 nitrogen and oxygen atoms in total. The van der Waals surface area contributed by atoms with E-state index in [1.54, 1.807) is 0 Å². The Morgan fingerprint density at radius 2 is 2.22 bits per heavy atom. The first-order valence-corrected chi connectivity index (χ1v) is 8.03. The smallest absolute Gasteiger partial charge is 0.315 e. The summed E-state index contributed by atoms with van der Waals surface area (Å²) in [7, 11) is 0. The summed E-state index contributed by atoms with van der Waals surface area (Å²) in [4.78, 5) is 11.8. The zero-order valence-corrected chi connectivity index (χ0v) is 12.3. The minimum Gasteiger partial charge on any atom is -0.394 e.